The molecule has 2 amide bonds. The van der Waals surface area contributed by atoms with Gasteiger partial charge in [-0.3, -0.25) is 4.79 Å². The first kappa shape index (κ1) is 25.5. The van der Waals surface area contributed by atoms with Gasteiger partial charge in [-0.1, -0.05) is 30.3 Å². The van der Waals surface area contributed by atoms with Crippen LogP contribution in [0.1, 0.15) is 39.3 Å². The van der Waals surface area contributed by atoms with E-state index in [1.165, 1.54) is 24.3 Å². The molecule has 3 saturated heterocycles. The molecule has 0 spiro atoms. The van der Waals surface area contributed by atoms with Crippen molar-refractivity contribution in [2.24, 2.45) is 11.8 Å². The number of carbonyl (C=O) groups is 2. The summed E-state index contributed by atoms with van der Waals surface area (Å²) in [5, 5.41) is 9.37. The van der Waals surface area contributed by atoms with E-state index in [1.54, 1.807) is 4.90 Å². The molecule has 3 fully saturated rings. The number of nitrogens with zero attached hydrogens (tertiary/aromatic N) is 4. The average molecular weight is 517 g/mol. The highest BCUT2D eigenvalue weighted by Gasteiger charge is 2.48. The topological polar surface area (TPSA) is 77.0 Å². The van der Waals surface area contributed by atoms with Gasteiger partial charge in [0.15, 0.2) is 0 Å². The van der Waals surface area contributed by atoms with Gasteiger partial charge < -0.3 is 19.8 Å². The van der Waals surface area contributed by atoms with Crippen molar-refractivity contribution in [3.63, 3.8) is 0 Å². The van der Waals surface area contributed by atoms with Crippen LogP contribution in [0.15, 0.2) is 36.4 Å². The van der Waals surface area contributed by atoms with Gasteiger partial charge in [0.05, 0.1) is 11.3 Å². The minimum atomic E-state index is -4.55. The molecule has 198 valence electrons. The zero-order chi connectivity index (χ0) is 26.5. The molecule has 3 aliphatic rings. The number of carboxylic acid groups (broad SMARTS) is 1. The fraction of sp³-hybridized carbons (Fsp3) is 0.519. The standard InChI is InChI=1S/C27H31F3N4O3/c1-17-10-22(27(28,29)30)31-18(2)23(17)24(35)33-13-19-11-32(12-20(19)14-33)9-8-26(15-34(16-26)25(36)37)21-6-4-3-5-7-21/h3-7,10,19-20H,8-9,11-16H2,1-2H3,(H,36,37). The lowest BCUT2D eigenvalue weighted by molar-refractivity contribution is -0.141. The highest BCUT2D eigenvalue weighted by Crippen LogP contribution is 2.40. The van der Waals surface area contributed by atoms with E-state index < -0.39 is 18.0 Å². The quantitative estimate of drug-likeness (QED) is 0.649. The van der Waals surface area contributed by atoms with Crippen molar-refractivity contribution < 1.29 is 27.9 Å². The van der Waals surface area contributed by atoms with E-state index in [1.807, 2.05) is 18.2 Å². The minimum absolute atomic E-state index is 0.109. The Balaban J connectivity index is 1.20. The number of likely N-dealkylation sites (tertiary alicyclic amines) is 3. The summed E-state index contributed by atoms with van der Waals surface area (Å²) in [6, 6.07) is 11.0. The Kier molecular flexibility index (Phi) is 6.42. The Labute approximate surface area is 213 Å². The van der Waals surface area contributed by atoms with E-state index >= 15 is 0 Å². The Morgan fingerprint density at radius 3 is 2.19 bits per heavy atom. The van der Waals surface area contributed by atoms with Crippen molar-refractivity contribution in [2.45, 2.75) is 31.9 Å². The lowest BCUT2D eigenvalue weighted by Gasteiger charge is -2.50. The molecule has 1 aromatic heterocycles. The van der Waals surface area contributed by atoms with Gasteiger partial charge in [0.2, 0.25) is 0 Å². The van der Waals surface area contributed by atoms with Crippen LogP contribution in [0.2, 0.25) is 0 Å². The molecule has 0 radical (unpaired) electrons. The molecule has 2 aromatic rings. The Morgan fingerprint density at radius 2 is 1.65 bits per heavy atom. The fourth-order valence-corrected chi connectivity index (χ4v) is 6.37. The van der Waals surface area contributed by atoms with Gasteiger partial charge in [-0.05, 0) is 55.8 Å². The molecule has 10 heteroatoms. The number of alkyl halides is 3. The van der Waals surface area contributed by atoms with E-state index in [4.69, 9.17) is 0 Å². The third kappa shape index (κ3) is 4.79. The fourth-order valence-electron chi connectivity index (χ4n) is 6.37. The summed E-state index contributed by atoms with van der Waals surface area (Å²) in [6.45, 7) is 7.70. The summed E-state index contributed by atoms with van der Waals surface area (Å²) in [6.07, 6.45) is -4.57. The Morgan fingerprint density at radius 1 is 1.03 bits per heavy atom. The monoisotopic (exact) mass is 516 g/mol. The van der Waals surface area contributed by atoms with Crippen LogP contribution in [0.4, 0.5) is 18.0 Å². The lowest BCUT2D eigenvalue weighted by Crippen LogP contribution is -2.61. The largest absolute Gasteiger partial charge is 0.465 e. The van der Waals surface area contributed by atoms with Crippen LogP contribution in [0.25, 0.3) is 0 Å². The molecule has 2 atom stereocenters. The number of fused-ring (bicyclic) bond motifs is 1. The van der Waals surface area contributed by atoms with Crippen molar-refractivity contribution in [3.8, 4) is 0 Å². The number of benzene rings is 1. The van der Waals surface area contributed by atoms with Gasteiger partial charge in [0.1, 0.15) is 5.69 Å². The number of hydrogen-bond acceptors (Lipinski definition) is 4. The van der Waals surface area contributed by atoms with Crippen LogP contribution < -0.4 is 0 Å². The number of halogens is 3. The second-order valence-corrected chi connectivity index (χ2v) is 10.8. The summed E-state index contributed by atoms with van der Waals surface area (Å²) in [4.78, 5) is 33.9. The minimum Gasteiger partial charge on any atom is -0.465 e. The molecule has 4 heterocycles. The Hall–Kier alpha value is -3.14. The Bertz CT molecular complexity index is 1160. The van der Waals surface area contributed by atoms with Crippen LogP contribution in [0.5, 0.6) is 0 Å². The number of hydrogen-bond donors (Lipinski definition) is 1. The molecular formula is C27H31F3N4O3. The van der Waals surface area contributed by atoms with Crippen LogP contribution >= 0.6 is 0 Å². The molecule has 37 heavy (non-hydrogen) atoms. The summed E-state index contributed by atoms with van der Waals surface area (Å²) in [5.74, 6) is 0.386. The summed E-state index contributed by atoms with van der Waals surface area (Å²) < 4.78 is 39.3. The molecule has 0 aliphatic carbocycles. The number of aryl methyl sites for hydroxylation is 2. The molecular weight excluding hydrogens is 485 g/mol. The highest BCUT2D eigenvalue weighted by molar-refractivity contribution is 5.97. The lowest BCUT2D eigenvalue weighted by atomic mass is 9.71. The molecule has 7 nitrogen and oxygen atoms in total. The average Bonchev–Trinajstić information content (AvgIpc) is 3.37. The van der Waals surface area contributed by atoms with Gasteiger partial charge in [-0.25, -0.2) is 9.78 Å². The third-order valence-electron chi connectivity index (χ3n) is 8.30. The van der Waals surface area contributed by atoms with Crippen molar-refractivity contribution in [1.29, 1.82) is 0 Å². The maximum atomic E-state index is 13.2. The molecule has 3 aliphatic heterocycles. The zero-order valence-corrected chi connectivity index (χ0v) is 21.0. The van der Waals surface area contributed by atoms with Crippen molar-refractivity contribution in [1.82, 2.24) is 19.7 Å². The van der Waals surface area contributed by atoms with Crippen molar-refractivity contribution in [3.05, 3.63) is 64.5 Å². The van der Waals surface area contributed by atoms with E-state index in [0.717, 1.165) is 32.1 Å². The van der Waals surface area contributed by atoms with Gasteiger partial charge in [0, 0.05) is 44.7 Å². The number of aromatic nitrogens is 1. The maximum Gasteiger partial charge on any atom is 0.433 e. The molecule has 1 aromatic carbocycles. The third-order valence-corrected chi connectivity index (χ3v) is 8.30. The van der Waals surface area contributed by atoms with E-state index in [2.05, 4.69) is 22.0 Å². The predicted molar refractivity (Wildman–Crippen MR) is 130 cm³/mol. The first-order valence-corrected chi connectivity index (χ1v) is 12.6. The smallest absolute Gasteiger partial charge is 0.433 e. The van der Waals surface area contributed by atoms with Gasteiger partial charge >= 0.3 is 12.3 Å². The van der Waals surface area contributed by atoms with Gasteiger partial charge in [-0.15, -0.1) is 0 Å². The summed E-state index contributed by atoms with van der Waals surface area (Å²) in [5.41, 5.74) is 0.689. The molecule has 5 rings (SSSR count). The maximum absolute atomic E-state index is 13.2. The summed E-state index contributed by atoms with van der Waals surface area (Å²) in [7, 11) is 0. The first-order chi connectivity index (χ1) is 17.5. The normalized spacial score (nSPS) is 23.2. The van der Waals surface area contributed by atoms with E-state index in [0.29, 0.717) is 43.6 Å². The van der Waals surface area contributed by atoms with E-state index in [-0.39, 0.29) is 22.6 Å². The zero-order valence-electron chi connectivity index (χ0n) is 21.0. The van der Waals surface area contributed by atoms with Crippen LogP contribution in [0.3, 0.4) is 0 Å². The molecule has 1 N–H and O–H groups in total. The van der Waals surface area contributed by atoms with Crippen LogP contribution in [-0.4, -0.2) is 82.6 Å². The summed E-state index contributed by atoms with van der Waals surface area (Å²) >= 11 is 0. The van der Waals surface area contributed by atoms with Crippen molar-refractivity contribution >= 4 is 12.0 Å². The van der Waals surface area contributed by atoms with Crippen LogP contribution in [-0.2, 0) is 11.6 Å². The SMILES string of the molecule is Cc1cc(C(F)(F)F)nc(C)c1C(=O)N1CC2CN(CCC3(c4ccccc4)CN(C(=O)O)C3)CC2C1. The van der Waals surface area contributed by atoms with Crippen molar-refractivity contribution in [2.75, 3.05) is 45.8 Å². The van der Waals surface area contributed by atoms with Gasteiger partial charge in [-0.2, -0.15) is 13.2 Å². The molecule has 2 unspecified atom stereocenters. The molecule has 0 bridgehead atoms. The van der Waals surface area contributed by atoms with Gasteiger partial charge in [0.25, 0.3) is 5.91 Å². The second kappa shape index (κ2) is 9.31. The van der Waals surface area contributed by atoms with Crippen LogP contribution in [0, 0.1) is 25.7 Å². The number of carbonyl (C=O) groups excluding carboxylic acids is 1. The molecule has 0 saturated carbocycles. The number of amides is 2. The van der Waals surface area contributed by atoms with E-state index in [9.17, 15) is 27.9 Å². The second-order valence-electron chi connectivity index (χ2n) is 10.8. The highest BCUT2D eigenvalue weighted by atomic mass is 19.4. The number of pyridine rings is 1. The predicted octanol–water partition coefficient (Wildman–Crippen LogP) is 4.04. The first-order valence-electron chi connectivity index (χ1n) is 12.6. The number of rotatable bonds is 5.